The SMILES string of the molecule is CC(C)(C)OC(=O)NC(C(=O)OCC(C(=O)c1ccccc1)[C@H]1CCNC1)c1ccccc1. The first-order chi connectivity index (χ1) is 15.7. The van der Waals surface area contributed by atoms with E-state index in [-0.39, 0.29) is 18.3 Å². The molecule has 1 fully saturated rings. The number of amides is 1. The summed E-state index contributed by atoms with van der Waals surface area (Å²) >= 11 is 0. The minimum atomic E-state index is -1.05. The molecule has 1 saturated heterocycles. The van der Waals surface area contributed by atoms with Gasteiger partial charge in [0.05, 0.1) is 5.92 Å². The van der Waals surface area contributed by atoms with E-state index in [4.69, 9.17) is 9.47 Å². The van der Waals surface area contributed by atoms with Gasteiger partial charge >= 0.3 is 12.1 Å². The van der Waals surface area contributed by atoms with Gasteiger partial charge in [-0.2, -0.15) is 0 Å². The average Bonchev–Trinajstić information content (AvgIpc) is 3.32. The number of nitrogens with one attached hydrogen (secondary N) is 2. The minimum absolute atomic E-state index is 0.0477. The van der Waals surface area contributed by atoms with Crippen molar-refractivity contribution in [2.75, 3.05) is 19.7 Å². The maximum atomic E-state index is 13.2. The Bertz CT molecular complexity index is 934. The Balaban J connectivity index is 1.75. The molecule has 0 aliphatic carbocycles. The number of rotatable bonds is 8. The van der Waals surface area contributed by atoms with Gasteiger partial charge in [0.2, 0.25) is 0 Å². The molecule has 0 saturated carbocycles. The Morgan fingerprint density at radius 3 is 2.24 bits per heavy atom. The number of alkyl carbamates (subject to hydrolysis) is 1. The second kappa shape index (κ2) is 11.1. The summed E-state index contributed by atoms with van der Waals surface area (Å²) in [5.41, 5.74) is 0.455. The molecule has 7 heteroatoms. The third kappa shape index (κ3) is 7.15. The Hall–Kier alpha value is -3.19. The van der Waals surface area contributed by atoms with Gasteiger partial charge in [-0.1, -0.05) is 60.7 Å². The first-order valence-corrected chi connectivity index (χ1v) is 11.3. The van der Waals surface area contributed by atoms with E-state index in [2.05, 4.69) is 10.6 Å². The smallest absolute Gasteiger partial charge is 0.408 e. The molecule has 1 amide bonds. The molecular weight excluding hydrogens is 420 g/mol. The summed E-state index contributed by atoms with van der Waals surface area (Å²) in [6.07, 6.45) is 0.115. The van der Waals surface area contributed by atoms with E-state index in [9.17, 15) is 14.4 Å². The number of esters is 1. The zero-order valence-corrected chi connectivity index (χ0v) is 19.4. The average molecular weight is 453 g/mol. The standard InChI is InChI=1S/C26H32N2O5/c1-26(2,3)33-25(31)28-22(18-10-6-4-7-11-18)24(30)32-17-21(20-14-15-27-16-20)23(29)19-12-8-5-9-13-19/h4-13,20-22,27H,14-17H2,1-3H3,(H,28,31)/t20-,21?,22?/m0/s1. The molecule has 176 valence electrons. The third-order valence-corrected chi connectivity index (χ3v) is 5.50. The minimum Gasteiger partial charge on any atom is -0.463 e. The highest BCUT2D eigenvalue weighted by molar-refractivity contribution is 5.98. The van der Waals surface area contributed by atoms with Crippen LogP contribution in [0, 0.1) is 11.8 Å². The molecule has 2 unspecified atom stereocenters. The molecule has 2 aromatic rings. The molecule has 0 bridgehead atoms. The molecule has 0 aromatic heterocycles. The number of ketones is 1. The van der Waals surface area contributed by atoms with Crippen LogP contribution in [0.1, 0.15) is 49.2 Å². The summed E-state index contributed by atoms with van der Waals surface area (Å²) in [5.74, 6) is -1.08. The monoisotopic (exact) mass is 452 g/mol. The largest absolute Gasteiger partial charge is 0.463 e. The summed E-state index contributed by atoms with van der Waals surface area (Å²) in [4.78, 5) is 38.7. The number of carbonyl (C=O) groups is 3. The van der Waals surface area contributed by atoms with Gasteiger partial charge in [-0.25, -0.2) is 9.59 Å². The van der Waals surface area contributed by atoms with Crippen LogP contribution in [0.25, 0.3) is 0 Å². The number of benzene rings is 2. The zero-order valence-electron chi connectivity index (χ0n) is 19.4. The molecule has 1 aliphatic heterocycles. The van der Waals surface area contributed by atoms with Crippen LogP contribution in [0.4, 0.5) is 4.79 Å². The Labute approximate surface area is 194 Å². The van der Waals surface area contributed by atoms with Crippen LogP contribution in [0.15, 0.2) is 60.7 Å². The van der Waals surface area contributed by atoms with E-state index in [1.165, 1.54) is 0 Å². The van der Waals surface area contributed by atoms with Crippen molar-refractivity contribution in [1.82, 2.24) is 10.6 Å². The predicted octanol–water partition coefficient (Wildman–Crippen LogP) is 3.90. The number of hydrogen-bond acceptors (Lipinski definition) is 6. The van der Waals surface area contributed by atoms with Crippen molar-refractivity contribution in [2.24, 2.45) is 11.8 Å². The van der Waals surface area contributed by atoms with Crippen LogP contribution in [0.3, 0.4) is 0 Å². The quantitative estimate of drug-likeness (QED) is 0.466. The topological polar surface area (TPSA) is 93.7 Å². The van der Waals surface area contributed by atoms with Gasteiger partial charge in [0.25, 0.3) is 0 Å². The molecule has 1 aliphatic rings. The van der Waals surface area contributed by atoms with E-state index in [1.807, 2.05) is 24.3 Å². The van der Waals surface area contributed by atoms with Gasteiger partial charge in [0, 0.05) is 5.56 Å². The number of Topliss-reactive ketones (excluding diaryl/α,β-unsaturated/α-hetero) is 1. The van der Waals surface area contributed by atoms with Gasteiger partial charge in [-0.15, -0.1) is 0 Å². The van der Waals surface area contributed by atoms with Crippen molar-refractivity contribution in [2.45, 2.75) is 38.8 Å². The summed E-state index contributed by atoms with van der Waals surface area (Å²) in [6, 6.07) is 16.8. The van der Waals surface area contributed by atoms with Crippen molar-refractivity contribution < 1.29 is 23.9 Å². The van der Waals surface area contributed by atoms with Gasteiger partial charge in [-0.3, -0.25) is 4.79 Å². The molecule has 3 rings (SSSR count). The Morgan fingerprint density at radius 2 is 1.67 bits per heavy atom. The molecule has 3 atom stereocenters. The first-order valence-electron chi connectivity index (χ1n) is 11.3. The lowest BCUT2D eigenvalue weighted by atomic mass is 9.85. The maximum absolute atomic E-state index is 13.2. The fourth-order valence-electron chi connectivity index (χ4n) is 3.87. The number of carbonyl (C=O) groups excluding carboxylic acids is 3. The molecule has 0 radical (unpaired) electrons. The van der Waals surface area contributed by atoms with Gasteiger partial charge in [0.15, 0.2) is 11.8 Å². The summed E-state index contributed by atoms with van der Waals surface area (Å²) in [6.45, 7) is 6.70. The van der Waals surface area contributed by atoms with Crippen LogP contribution in [0.5, 0.6) is 0 Å². The van der Waals surface area contributed by atoms with E-state index in [1.54, 1.807) is 57.2 Å². The molecule has 7 nitrogen and oxygen atoms in total. The molecule has 2 N–H and O–H groups in total. The lowest BCUT2D eigenvalue weighted by Gasteiger charge is -2.25. The lowest BCUT2D eigenvalue weighted by Crippen LogP contribution is -2.40. The number of hydrogen-bond donors (Lipinski definition) is 2. The molecule has 33 heavy (non-hydrogen) atoms. The predicted molar refractivity (Wildman–Crippen MR) is 125 cm³/mol. The fourth-order valence-corrected chi connectivity index (χ4v) is 3.87. The normalized spacial score (nSPS) is 17.6. The maximum Gasteiger partial charge on any atom is 0.408 e. The van der Waals surface area contributed by atoms with E-state index in [0.29, 0.717) is 17.7 Å². The van der Waals surface area contributed by atoms with Crippen molar-refractivity contribution in [3.63, 3.8) is 0 Å². The highest BCUT2D eigenvalue weighted by Crippen LogP contribution is 2.25. The molecular formula is C26H32N2O5. The van der Waals surface area contributed by atoms with Gasteiger partial charge < -0.3 is 20.1 Å². The third-order valence-electron chi connectivity index (χ3n) is 5.50. The fraction of sp³-hybridized carbons (Fsp3) is 0.423. The summed E-state index contributed by atoms with van der Waals surface area (Å²) in [7, 11) is 0. The van der Waals surface area contributed by atoms with E-state index in [0.717, 1.165) is 13.0 Å². The second-order valence-corrected chi connectivity index (χ2v) is 9.21. The van der Waals surface area contributed by atoms with Crippen LogP contribution >= 0.6 is 0 Å². The van der Waals surface area contributed by atoms with Crippen molar-refractivity contribution in [3.05, 3.63) is 71.8 Å². The van der Waals surface area contributed by atoms with Gasteiger partial charge in [0.1, 0.15) is 12.2 Å². The van der Waals surface area contributed by atoms with Gasteiger partial charge in [-0.05, 0) is 51.8 Å². The Kier molecular flexibility index (Phi) is 8.22. The van der Waals surface area contributed by atoms with E-state index >= 15 is 0 Å². The molecule has 2 aromatic carbocycles. The van der Waals surface area contributed by atoms with Crippen molar-refractivity contribution in [3.8, 4) is 0 Å². The summed E-state index contributed by atoms with van der Waals surface area (Å²) in [5, 5.41) is 5.89. The molecule has 1 heterocycles. The highest BCUT2D eigenvalue weighted by Gasteiger charge is 2.34. The van der Waals surface area contributed by atoms with Crippen LogP contribution < -0.4 is 10.6 Å². The Morgan fingerprint density at radius 1 is 1.03 bits per heavy atom. The van der Waals surface area contributed by atoms with Crippen molar-refractivity contribution in [1.29, 1.82) is 0 Å². The zero-order chi connectivity index (χ0) is 23.8. The number of ether oxygens (including phenoxy) is 2. The first kappa shape index (κ1) is 24.5. The van der Waals surface area contributed by atoms with Crippen molar-refractivity contribution >= 4 is 17.8 Å². The van der Waals surface area contributed by atoms with Crippen LogP contribution in [-0.4, -0.2) is 43.1 Å². The van der Waals surface area contributed by atoms with E-state index < -0.39 is 29.6 Å². The molecule has 0 spiro atoms. The summed E-state index contributed by atoms with van der Waals surface area (Å²) < 4.78 is 11.0. The van der Waals surface area contributed by atoms with Crippen LogP contribution in [0.2, 0.25) is 0 Å². The lowest BCUT2D eigenvalue weighted by molar-refractivity contribution is -0.147. The second-order valence-electron chi connectivity index (χ2n) is 9.21. The van der Waals surface area contributed by atoms with Crippen LogP contribution in [-0.2, 0) is 14.3 Å². The highest BCUT2D eigenvalue weighted by atomic mass is 16.6.